The van der Waals surface area contributed by atoms with E-state index in [1.54, 1.807) is 6.92 Å². The fourth-order valence-corrected chi connectivity index (χ4v) is 2.16. The van der Waals surface area contributed by atoms with Gasteiger partial charge in [0, 0.05) is 19.5 Å². The fourth-order valence-electron chi connectivity index (χ4n) is 2.16. The standard InChI is InChI=1S/C14H19NO/c1-11(14-8-9-14)15(12(2)16)10-13-6-4-3-5-7-13/h3-7,11,14H,8-10H2,1-2H3/t11-/m0/s1. The van der Waals surface area contributed by atoms with E-state index in [2.05, 4.69) is 19.1 Å². The first-order valence-corrected chi connectivity index (χ1v) is 5.99. The normalized spacial score (nSPS) is 16.9. The Bertz CT molecular complexity index is 356. The van der Waals surface area contributed by atoms with Crippen molar-refractivity contribution in [3.8, 4) is 0 Å². The van der Waals surface area contributed by atoms with Gasteiger partial charge in [0.05, 0.1) is 0 Å². The van der Waals surface area contributed by atoms with Gasteiger partial charge in [0.2, 0.25) is 5.91 Å². The van der Waals surface area contributed by atoms with Crippen molar-refractivity contribution in [2.45, 2.75) is 39.3 Å². The van der Waals surface area contributed by atoms with Crippen molar-refractivity contribution in [3.05, 3.63) is 35.9 Å². The van der Waals surface area contributed by atoms with Crippen LogP contribution in [-0.2, 0) is 11.3 Å². The van der Waals surface area contributed by atoms with Gasteiger partial charge in [0.1, 0.15) is 0 Å². The highest BCUT2D eigenvalue weighted by Crippen LogP contribution is 2.35. The van der Waals surface area contributed by atoms with Crippen molar-refractivity contribution in [1.82, 2.24) is 4.90 Å². The first-order valence-electron chi connectivity index (χ1n) is 5.99. The number of hydrogen-bond donors (Lipinski definition) is 0. The molecule has 0 N–H and O–H groups in total. The Morgan fingerprint density at radius 1 is 1.38 bits per heavy atom. The summed E-state index contributed by atoms with van der Waals surface area (Å²) >= 11 is 0. The van der Waals surface area contributed by atoms with Gasteiger partial charge in [-0.2, -0.15) is 0 Å². The monoisotopic (exact) mass is 217 g/mol. The molecule has 1 saturated carbocycles. The van der Waals surface area contributed by atoms with E-state index in [0.29, 0.717) is 6.04 Å². The van der Waals surface area contributed by atoms with Gasteiger partial charge in [-0.15, -0.1) is 0 Å². The molecule has 0 radical (unpaired) electrons. The lowest BCUT2D eigenvalue weighted by Crippen LogP contribution is -2.37. The smallest absolute Gasteiger partial charge is 0.219 e. The first kappa shape index (κ1) is 11.2. The first-order chi connectivity index (χ1) is 7.68. The molecule has 0 bridgehead atoms. The van der Waals surface area contributed by atoms with Gasteiger partial charge >= 0.3 is 0 Å². The molecule has 2 heteroatoms. The maximum absolute atomic E-state index is 11.6. The van der Waals surface area contributed by atoms with Crippen molar-refractivity contribution >= 4 is 5.91 Å². The fraction of sp³-hybridized carbons (Fsp3) is 0.500. The third-order valence-corrected chi connectivity index (χ3v) is 3.40. The van der Waals surface area contributed by atoms with E-state index in [0.717, 1.165) is 12.5 Å². The number of nitrogens with zero attached hydrogens (tertiary/aromatic N) is 1. The Balaban J connectivity index is 2.05. The lowest BCUT2D eigenvalue weighted by atomic mass is 10.1. The molecule has 0 aromatic heterocycles. The maximum atomic E-state index is 11.6. The van der Waals surface area contributed by atoms with Crippen LogP contribution in [0.4, 0.5) is 0 Å². The number of benzene rings is 1. The van der Waals surface area contributed by atoms with Crippen LogP contribution >= 0.6 is 0 Å². The van der Waals surface area contributed by atoms with Crippen molar-refractivity contribution in [1.29, 1.82) is 0 Å². The molecule has 2 nitrogen and oxygen atoms in total. The third-order valence-electron chi connectivity index (χ3n) is 3.40. The number of rotatable bonds is 4. The summed E-state index contributed by atoms with van der Waals surface area (Å²) in [6, 6.07) is 10.6. The largest absolute Gasteiger partial charge is 0.336 e. The molecule has 0 spiro atoms. The van der Waals surface area contributed by atoms with Gasteiger partial charge in [-0.05, 0) is 31.2 Å². The minimum Gasteiger partial charge on any atom is -0.336 e. The van der Waals surface area contributed by atoms with Crippen molar-refractivity contribution < 1.29 is 4.79 Å². The molecule has 2 rings (SSSR count). The Morgan fingerprint density at radius 3 is 2.50 bits per heavy atom. The SMILES string of the molecule is CC(=O)N(Cc1ccccc1)[C@@H](C)C1CC1. The summed E-state index contributed by atoms with van der Waals surface area (Å²) in [5.74, 6) is 0.913. The Hall–Kier alpha value is -1.31. The van der Waals surface area contributed by atoms with Crippen LogP contribution in [0.25, 0.3) is 0 Å². The molecule has 0 unspecified atom stereocenters. The zero-order valence-electron chi connectivity index (χ0n) is 10.0. The van der Waals surface area contributed by atoms with Crippen LogP contribution in [-0.4, -0.2) is 16.8 Å². The number of carbonyl (C=O) groups is 1. The summed E-state index contributed by atoms with van der Waals surface area (Å²) in [5.41, 5.74) is 1.21. The van der Waals surface area contributed by atoms with Crippen LogP contribution in [0.2, 0.25) is 0 Å². The zero-order valence-corrected chi connectivity index (χ0v) is 10.0. The second-order valence-corrected chi connectivity index (χ2v) is 4.71. The molecule has 1 aliphatic rings. The molecule has 86 valence electrons. The average molecular weight is 217 g/mol. The molecule has 1 aromatic carbocycles. The highest BCUT2D eigenvalue weighted by atomic mass is 16.2. The highest BCUT2D eigenvalue weighted by Gasteiger charge is 2.33. The molecule has 0 aliphatic heterocycles. The van der Waals surface area contributed by atoms with Crippen LogP contribution in [0.3, 0.4) is 0 Å². The molecule has 1 atom stereocenters. The van der Waals surface area contributed by atoms with Crippen LogP contribution in [0.1, 0.15) is 32.3 Å². The second kappa shape index (κ2) is 4.69. The minimum absolute atomic E-state index is 0.184. The minimum atomic E-state index is 0.184. The molecule has 0 saturated heterocycles. The lowest BCUT2D eigenvalue weighted by molar-refractivity contribution is -0.131. The molecule has 16 heavy (non-hydrogen) atoms. The lowest BCUT2D eigenvalue weighted by Gasteiger charge is -2.28. The summed E-state index contributed by atoms with van der Waals surface area (Å²) in [4.78, 5) is 13.6. The zero-order chi connectivity index (χ0) is 11.5. The van der Waals surface area contributed by atoms with Crippen LogP contribution in [0.5, 0.6) is 0 Å². The van der Waals surface area contributed by atoms with E-state index in [-0.39, 0.29) is 5.91 Å². The molecule has 0 heterocycles. The van der Waals surface area contributed by atoms with E-state index in [1.807, 2.05) is 23.1 Å². The van der Waals surface area contributed by atoms with Crippen molar-refractivity contribution in [2.24, 2.45) is 5.92 Å². The van der Waals surface area contributed by atoms with Gasteiger partial charge in [0.15, 0.2) is 0 Å². The predicted octanol–water partition coefficient (Wildman–Crippen LogP) is 2.83. The van der Waals surface area contributed by atoms with E-state index in [9.17, 15) is 4.79 Å². The Morgan fingerprint density at radius 2 is 2.00 bits per heavy atom. The molecular formula is C14H19NO. The summed E-state index contributed by atoms with van der Waals surface area (Å²) in [6.07, 6.45) is 2.56. The van der Waals surface area contributed by atoms with Crippen LogP contribution in [0, 0.1) is 5.92 Å². The van der Waals surface area contributed by atoms with E-state index < -0.39 is 0 Å². The van der Waals surface area contributed by atoms with Crippen LogP contribution < -0.4 is 0 Å². The van der Waals surface area contributed by atoms with Gasteiger partial charge in [-0.3, -0.25) is 4.79 Å². The van der Waals surface area contributed by atoms with Crippen molar-refractivity contribution in [3.63, 3.8) is 0 Å². The van der Waals surface area contributed by atoms with E-state index in [4.69, 9.17) is 0 Å². The van der Waals surface area contributed by atoms with E-state index in [1.165, 1.54) is 18.4 Å². The summed E-state index contributed by atoms with van der Waals surface area (Å²) in [7, 11) is 0. The second-order valence-electron chi connectivity index (χ2n) is 4.71. The Kier molecular flexibility index (Phi) is 3.28. The summed E-state index contributed by atoms with van der Waals surface area (Å²) in [6.45, 7) is 4.58. The highest BCUT2D eigenvalue weighted by molar-refractivity contribution is 5.73. The topological polar surface area (TPSA) is 20.3 Å². The molecule has 1 aliphatic carbocycles. The molecule has 1 aromatic rings. The van der Waals surface area contributed by atoms with Crippen LogP contribution in [0.15, 0.2) is 30.3 Å². The maximum Gasteiger partial charge on any atom is 0.219 e. The van der Waals surface area contributed by atoms with Gasteiger partial charge in [0.25, 0.3) is 0 Å². The number of amides is 1. The van der Waals surface area contributed by atoms with Gasteiger partial charge in [-0.1, -0.05) is 30.3 Å². The molecule has 1 amide bonds. The quantitative estimate of drug-likeness (QED) is 0.759. The predicted molar refractivity (Wildman–Crippen MR) is 64.9 cm³/mol. The van der Waals surface area contributed by atoms with Gasteiger partial charge in [-0.25, -0.2) is 0 Å². The molecular weight excluding hydrogens is 198 g/mol. The number of hydrogen-bond acceptors (Lipinski definition) is 1. The average Bonchev–Trinajstić information content (AvgIpc) is 3.10. The van der Waals surface area contributed by atoms with Crippen molar-refractivity contribution in [2.75, 3.05) is 0 Å². The number of carbonyl (C=O) groups excluding carboxylic acids is 1. The Labute approximate surface area is 97.3 Å². The van der Waals surface area contributed by atoms with Gasteiger partial charge < -0.3 is 4.90 Å². The summed E-state index contributed by atoms with van der Waals surface area (Å²) in [5, 5.41) is 0. The molecule has 1 fully saturated rings. The summed E-state index contributed by atoms with van der Waals surface area (Å²) < 4.78 is 0. The van der Waals surface area contributed by atoms with E-state index >= 15 is 0 Å². The third kappa shape index (κ3) is 2.63.